The van der Waals surface area contributed by atoms with E-state index in [1.807, 2.05) is 6.08 Å². The number of ether oxygens (including phenoxy) is 2. The molecule has 0 aromatic carbocycles. The Bertz CT molecular complexity index is 532. The molecule has 110 valence electrons. The lowest BCUT2D eigenvalue weighted by molar-refractivity contribution is -0.136. The Kier molecular flexibility index (Phi) is 8.54. The SMILES string of the molecule is CC#CC#CC#CCOC(=O)C=CC1CCC(OC)CC1. The van der Waals surface area contributed by atoms with Gasteiger partial charge >= 0.3 is 5.97 Å². The van der Waals surface area contributed by atoms with Gasteiger partial charge in [0.15, 0.2) is 6.61 Å². The summed E-state index contributed by atoms with van der Waals surface area (Å²) < 4.78 is 10.3. The minimum absolute atomic E-state index is 0.0494. The van der Waals surface area contributed by atoms with Crippen LogP contribution in [0.5, 0.6) is 0 Å². The molecule has 1 fully saturated rings. The topological polar surface area (TPSA) is 35.5 Å². The minimum atomic E-state index is -0.362. The van der Waals surface area contributed by atoms with Crippen LogP contribution in [0.1, 0.15) is 32.6 Å². The highest BCUT2D eigenvalue weighted by molar-refractivity contribution is 5.82. The van der Waals surface area contributed by atoms with Gasteiger partial charge in [0, 0.05) is 13.2 Å². The third-order valence-corrected chi connectivity index (χ3v) is 3.24. The van der Waals surface area contributed by atoms with E-state index in [2.05, 4.69) is 35.5 Å². The van der Waals surface area contributed by atoms with Crippen molar-refractivity contribution in [2.75, 3.05) is 13.7 Å². The van der Waals surface area contributed by atoms with Crippen LogP contribution in [-0.4, -0.2) is 25.8 Å². The third kappa shape index (κ3) is 7.88. The van der Waals surface area contributed by atoms with Crippen molar-refractivity contribution < 1.29 is 14.3 Å². The largest absolute Gasteiger partial charge is 0.449 e. The van der Waals surface area contributed by atoms with Gasteiger partial charge in [0.1, 0.15) is 0 Å². The molecule has 3 nitrogen and oxygen atoms in total. The van der Waals surface area contributed by atoms with E-state index in [0.29, 0.717) is 12.0 Å². The molecular weight excluding hydrogens is 264 g/mol. The molecule has 1 saturated carbocycles. The second-order valence-electron chi connectivity index (χ2n) is 4.67. The second kappa shape index (κ2) is 10.6. The van der Waals surface area contributed by atoms with Crippen LogP contribution in [-0.2, 0) is 14.3 Å². The molecular formula is C18H20O3. The van der Waals surface area contributed by atoms with Gasteiger partial charge in [0.25, 0.3) is 0 Å². The predicted octanol–water partition coefficient (Wildman–Crippen LogP) is 2.32. The van der Waals surface area contributed by atoms with Crippen LogP contribution in [0.15, 0.2) is 12.2 Å². The number of carbonyl (C=O) groups is 1. The van der Waals surface area contributed by atoms with Crippen molar-refractivity contribution in [3.8, 4) is 35.5 Å². The first-order valence-electron chi connectivity index (χ1n) is 7.03. The fourth-order valence-electron chi connectivity index (χ4n) is 2.09. The van der Waals surface area contributed by atoms with Crippen molar-refractivity contribution >= 4 is 5.97 Å². The van der Waals surface area contributed by atoms with E-state index >= 15 is 0 Å². The van der Waals surface area contributed by atoms with Crippen LogP contribution in [0.2, 0.25) is 0 Å². The van der Waals surface area contributed by atoms with Gasteiger partial charge in [-0.25, -0.2) is 4.79 Å². The summed E-state index contributed by atoms with van der Waals surface area (Å²) >= 11 is 0. The highest BCUT2D eigenvalue weighted by atomic mass is 16.5. The molecule has 0 amide bonds. The van der Waals surface area contributed by atoms with Crippen molar-refractivity contribution in [3.63, 3.8) is 0 Å². The van der Waals surface area contributed by atoms with Gasteiger partial charge in [-0.1, -0.05) is 12.0 Å². The van der Waals surface area contributed by atoms with E-state index in [-0.39, 0.29) is 12.6 Å². The quantitative estimate of drug-likeness (QED) is 0.451. The molecule has 0 spiro atoms. The summed E-state index contributed by atoms with van der Waals surface area (Å²) in [7, 11) is 1.75. The molecule has 0 atom stereocenters. The molecule has 0 unspecified atom stereocenters. The van der Waals surface area contributed by atoms with Crippen LogP contribution in [0.3, 0.4) is 0 Å². The van der Waals surface area contributed by atoms with Gasteiger partial charge in [-0.3, -0.25) is 0 Å². The maximum atomic E-state index is 11.5. The zero-order chi connectivity index (χ0) is 15.3. The Morgan fingerprint density at radius 3 is 2.52 bits per heavy atom. The Morgan fingerprint density at radius 2 is 1.86 bits per heavy atom. The first-order chi connectivity index (χ1) is 10.3. The first-order valence-corrected chi connectivity index (χ1v) is 7.03. The van der Waals surface area contributed by atoms with Crippen LogP contribution in [0, 0.1) is 41.4 Å². The number of esters is 1. The average molecular weight is 284 g/mol. The highest BCUT2D eigenvalue weighted by Gasteiger charge is 2.18. The Hall–Kier alpha value is -2.15. The lowest BCUT2D eigenvalue weighted by Crippen LogP contribution is -2.19. The number of methoxy groups -OCH3 is 1. The maximum absolute atomic E-state index is 11.5. The number of hydrogen-bond donors (Lipinski definition) is 0. The van der Waals surface area contributed by atoms with Gasteiger partial charge in [-0.05, 0) is 68.1 Å². The fourth-order valence-corrected chi connectivity index (χ4v) is 2.09. The summed E-state index contributed by atoms with van der Waals surface area (Å²) in [6.07, 6.45) is 7.99. The van der Waals surface area contributed by atoms with Crippen molar-refractivity contribution in [2.45, 2.75) is 38.7 Å². The molecule has 0 heterocycles. The highest BCUT2D eigenvalue weighted by Crippen LogP contribution is 2.26. The fraction of sp³-hybridized carbons (Fsp3) is 0.500. The van der Waals surface area contributed by atoms with Gasteiger partial charge in [-0.2, -0.15) is 0 Å². The normalized spacial score (nSPS) is 20.3. The number of rotatable bonds is 4. The molecule has 21 heavy (non-hydrogen) atoms. The van der Waals surface area contributed by atoms with Crippen LogP contribution < -0.4 is 0 Å². The third-order valence-electron chi connectivity index (χ3n) is 3.24. The van der Waals surface area contributed by atoms with Gasteiger partial charge in [0.2, 0.25) is 0 Å². The maximum Gasteiger partial charge on any atom is 0.331 e. The molecule has 3 heteroatoms. The summed E-state index contributed by atoms with van der Waals surface area (Å²) in [6, 6.07) is 0. The Morgan fingerprint density at radius 1 is 1.14 bits per heavy atom. The summed E-state index contributed by atoms with van der Waals surface area (Å²) in [5.41, 5.74) is 0. The van der Waals surface area contributed by atoms with E-state index in [1.165, 1.54) is 6.08 Å². The summed E-state index contributed by atoms with van der Waals surface area (Å²) in [6.45, 7) is 1.76. The van der Waals surface area contributed by atoms with Crippen LogP contribution in [0.4, 0.5) is 0 Å². The van der Waals surface area contributed by atoms with Gasteiger partial charge < -0.3 is 9.47 Å². The molecule has 1 aliphatic carbocycles. The zero-order valence-electron chi connectivity index (χ0n) is 12.6. The molecule has 0 aromatic rings. The Labute approximate surface area is 127 Å². The average Bonchev–Trinajstić information content (AvgIpc) is 2.52. The van der Waals surface area contributed by atoms with Crippen molar-refractivity contribution in [2.24, 2.45) is 5.92 Å². The molecule has 0 bridgehead atoms. The second-order valence-corrected chi connectivity index (χ2v) is 4.67. The van der Waals surface area contributed by atoms with Crippen molar-refractivity contribution in [1.29, 1.82) is 0 Å². The molecule has 0 aromatic heterocycles. The molecule has 1 aliphatic rings. The minimum Gasteiger partial charge on any atom is -0.449 e. The van der Waals surface area contributed by atoms with Crippen molar-refractivity contribution in [3.05, 3.63) is 12.2 Å². The lowest BCUT2D eigenvalue weighted by Gasteiger charge is -2.25. The zero-order valence-corrected chi connectivity index (χ0v) is 12.6. The van der Waals surface area contributed by atoms with Gasteiger partial charge in [-0.15, -0.1) is 0 Å². The summed E-state index contributed by atoms with van der Waals surface area (Å²) in [5.74, 6) is 15.6. The predicted molar refractivity (Wildman–Crippen MR) is 81.9 cm³/mol. The summed E-state index contributed by atoms with van der Waals surface area (Å²) in [5, 5.41) is 0. The lowest BCUT2D eigenvalue weighted by atomic mass is 9.87. The number of allylic oxidation sites excluding steroid dienone is 1. The van der Waals surface area contributed by atoms with Crippen molar-refractivity contribution in [1.82, 2.24) is 0 Å². The summed E-state index contributed by atoms with van der Waals surface area (Å²) in [4.78, 5) is 11.5. The van der Waals surface area contributed by atoms with Crippen LogP contribution >= 0.6 is 0 Å². The molecule has 0 aliphatic heterocycles. The van der Waals surface area contributed by atoms with E-state index in [0.717, 1.165) is 25.7 Å². The monoisotopic (exact) mass is 284 g/mol. The van der Waals surface area contributed by atoms with E-state index in [4.69, 9.17) is 9.47 Å². The number of hydrogen-bond acceptors (Lipinski definition) is 3. The molecule has 0 radical (unpaired) electrons. The standard InChI is InChI=1S/C18H20O3/c1-3-4-5-6-7-8-15-21-18(19)14-11-16-9-12-17(20-2)13-10-16/h11,14,16-17H,9-10,12-13,15H2,1-2H3. The van der Waals surface area contributed by atoms with E-state index < -0.39 is 0 Å². The van der Waals surface area contributed by atoms with E-state index in [9.17, 15) is 4.79 Å². The Balaban J connectivity index is 2.23. The van der Waals surface area contributed by atoms with Gasteiger partial charge in [0.05, 0.1) is 6.10 Å². The smallest absolute Gasteiger partial charge is 0.331 e. The van der Waals surface area contributed by atoms with Crippen LogP contribution in [0.25, 0.3) is 0 Å². The molecule has 0 saturated heterocycles. The molecule has 1 rings (SSSR count). The number of carbonyl (C=O) groups excluding carboxylic acids is 1. The molecule has 0 N–H and O–H groups in total. The van der Waals surface area contributed by atoms with E-state index in [1.54, 1.807) is 14.0 Å². The first kappa shape index (κ1) is 16.9.